The van der Waals surface area contributed by atoms with Gasteiger partial charge >= 0.3 is 0 Å². The van der Waals surface area contributed by atoms with E-state index in [1.54, 1.807) is 0 Å². The number of anilines is 3. The third-order valence-electron chi connectivity index (χ3n) is 7.06. The van der Waals surface area contributed by atoms with Gasteiger partial charge in [-0.1, -0.05) is 56.3 Å². The summed E-state index contributed by atoms with van der Waals surface area (Å²) in [4.78, 5) is 27.1. The summed E-state index contributed by atoms with van der Waals surface area (Å²) in [5.74, 6) is 0.0746. The second-order valence-corrected chi connectivity index (χ2v) is 9.86. The Morgan fingerprint density at radius 1 is 0.692 bits per heavy atom. The highest BCUT2D eigenvalue weighted by atomic mass is 16.2. The van der Waals surface area contributed by atoms with Crippen LogP contribution in [0.25, 0.3) is 0 Å². The monoisotopic (exact) mass is 527 g/mol. The summed E-state index contributed by atoms with van der Waals surface area (Å²) >= 11 is 0. The number of hydrogen-bond donors (Lipinski definition) is 4. The maximum atomic E-state index is 12.4. The van der Waals surface area contributed by atoms with Crippen LogP contribution in [0.1, 0.15) is 50.7 Å². The number of rotatable bonds is 9. The molecule has 0 spiro atoms. The molecule has 7 nitrogen and oxygen atoms in total. The van der Waals surface area contributed by atoms with Gasteiger partial charge in [0.2, 0.25) is 11.8 Å². The first kappa shape index (κ1) is 28.3. The normalized spacial score (nSPS) is 18.1. The summed E-state index contributed by atoms with van der Waals surface area (Å²) < 4.78 is 0. The molecular formula is C32H41N5O2. The molecule has 7 heteroatoms. The average molecular weight is 528 g/mol. The summed E-state index contributed by atoms with van der Waals surface area (Å²) in [6.07, 6.45) is 3.87. The van der Waals surface area contributed by atoms with Crippen LogP contribution in [0, 0.1) is 0 Å². The quantitative estimate of drug-likeness (QED) is 0.303. The minimum atomic E-state index is -0.0904. The van der Waals surface area contributed by atoms with E-state index in [2.05, 4.69) is 62.6 Å². The van der Waals surface area contributed by atoms with Crippen LogP contribution >= 0.6 is 0 Å². The van der Waals surface area contributed by atoms with E-state index in [0.717, 1.165) is 80.1 Å². The van der Waals surface area contributed by atoms with Gasteiger partial charge in [0.25, 0.3) is 0 Å². The van der Waals surface area contributed by atoms with Gasteiger partial charge in [0.15, 0.2) is 0 Å². The van der Waals surface area contributed by atoms with Crippen molar-refractivity contribution in [2.75, 3.05) is 28.6 Å². The van der Waals surface area contributed by atoms with Crippen molar-refractivity contribution < 1.29 is 9.59 Å². The number of benzene rings is 3. The van der Waals surface area contributed by atoms with Gasteiger partial charge in [-0.2, -0.15) is 0 Å². The average Bonchev–Trinajstić information content (AvgIpc) is 3.72. The van der Waals surface area contributed by atoms with Crippen molar-refractivity contribution in [3.8, 4) is 0 Å². The van der Waals surface area contributed by atoms with Gasteiger partial charge in [-0.3, -0.25) is 9.59 Å². The molecule has 4 N–H and O–H groups in total. The highest BCUT2D eigenvalue weighted by Gasteiger charge is 2.22. The van der Waals surface area contributed by atoms with E-state index in [1.165, 1.54) is 0 Å². The van der Waals surface area contributed by atoms with Gasteiger partial charge in [0, 0.05) is 30.2 Å². The highest BCUT2D eigenvalue weighted by molar-refractivity contribution is 5.95. The molecule has 2 aliphatic heterocycles. The molecule has 2 atom stereocenters. The SMILES string of the molecule is CC.O=C(Nc1ccc(CN(Cc2ccc(NC(=O)C3CCCN3)cc2)c2ccccc2)cc1)C1CCCN1. The van der Waals surface area contributed by atoms with Crippen LogP contribution in [0.5, 0.6) is 0 Å². The predicted molar refractivity (Wildman–Crippen MR) is 160 cm³/mol. The Morgan fingerprint density at radius 3 is 1.51 bits per heavy atom. The Bertz CT molecular complexity index is 1090. The predicted octanol–water partition coefficient (Wildman–Crippen LogP) is 5.30. The van der Waals surface area contributed by atoms with E-state index >= 15 is 0 Å². The summed E-state index contributed by atoms with van der Waals surface area (Å²) in [5.41, 5.74) is 5.10. The maximum Gasteiger partial charge on any atom is 0.241 e. The van der Waals surface area contributed by atoms with Crippen LogP contribution in [0.3, 0.4) is 0 Å². The molecule has 0 saturated carbocycles. The van der Waals surface area contributed by atoms with Crippen molar-refractivity contribution in [1.29, 1.82) is 0 Å². The number of amides is 2. The molecule has 2 aliphatic rings. The Labute approximate surface area is 232 Å². The lowest BCUT2D eigenvalue weighted by molar-refractivity contribution is -0.118. The first-order chi connectivity index (χ1) is 19.1. The summed E-state index contributed by atoms with van der Waals surface area (Å²) in [6, 6.07) is 26.4. The molecule has 3 aromatic rings. The van der Waals surface area contributed by atoms with Crippen LogP contribution in [0.15, 0.2) is 78.9 Å². The van der Waals surface area contributed by atoms with Crippen molar-refractivity contribution in [3.63, 3.8) is 0 Å². The first-order valence-corrected chi connectivity index (χ1v) is 14.2. The fraction of sp³-hybridized carbons (Fsp3) is 0.375. The fourth-order valence-corrected chi connectivity index (χ4v) is 4.98. The van der Waals surface area contributed by atoms with E-state index in [-0.39, 0.29) is 23.9 Å². The van der Waals surface area contributed by atoms with Gasteiger partial charge in [-0.05, 0) is 86.3 Å². The molecule has 2 unspecified atom stereocenters. The molecule has 2 saturated heterocycles. The molecule has 2 amide bonds. The van der Waals surface area contributed by atoms with Gasteiger partial charge < -0.3 is 26.2 Å². The second kappa shape index (κ2) is 14.5. The molecule has 0 aliphatic carbocycles. The number of nitrogens with zero attached hydrogens (tertiary/aromatic N) is 1. The number of hydrogen-bond acceptors (Lipinski definition) is 5. The largest absolute Gasteiger partial charge is 0.363 e. The molecule has 2 fully saturated rings. The molecule has 39 heavy (non-hydrogen) atoms. The summed E-state index contributed by atoms with van der Waals surface area (Å²) in [7, 11) is 0. The number of carbonyl (C=O) groups is 2. The van der Waals surface area contributed by atoms with Gasteiger partial charge in [0.1, 0.15) is 0 Å². The van der Waals surface area contributed by atoms with Crippen molar-refractivity contribution in [2.24, 2.45) is 0 Å². The van der Waals surface area contributed by atoms with Crippen molar-refractivity contribution in [2.45, 2.75) is 64.7 Å². The lowest BCUT2D eigenvalue weighted by atomic mass is 10.1. The van der Waals surface area contributed by atoms with Crippen LogP contribution in [0.2, 0.25) is 0 Å². The molecule has 5 rings (SSSR count). The number of carbonyl (C=O) groups excluding carboxylic acids is 2. The van der Waals surface area contributed by atoms with Crippen LogP contribution in [-0.2, 0) is 22.7 Å². The lowest BCUT2D eigenvalue weighted by Crippen LogP contribution is -2.35. The van der Waals surface area contributed by atoms with Crippen LogP contribution in [-0.4, -0.2) is 37.0 Å². The Hall–Kier alpha value is -3.68. The van der Waals surface area contributed by atoms with Crippen molar-refractivity contribution >= 4 is 28.9 Å². The molecule has 0 aromatic heterocycles. The minimum absolute atomic E-state index is 0.0373. The third-order valence-corrected chi connectivity index (χ3v) is 7.06. The molecule has 2 heterocycles. The minimum Gasteiger partial charge on any atom is -0.363 e. The van der Waals surface area contributed by atoms with E-state index in [9.17, 15) is 9.59 Å². The standard InChI is InChI=1S/C30H35N5O2.C2H6/c36-29(27-8-4-18-31-27)33-24-14-10-22(11-15-24)20-35(26-6-2-1-3-7-26)21-23-12-16-25(17-13-23)34-30(37)28-9-5-19-32-28;1-2/h1-3,6-7,10-17,27-28,31-32H,4-5,8-9,18-21H2,(H,33,36)(H,34,37);1-2H3. The zero-order valence-corrected chi connectivity index (χ0v) is 23.1. The number of para-hydroxylation sites is 1. The maximum absolute atomic E-state index is 12.4. The lowest BCUT2D eigenvalue weighted by Gasteiger charge is -2.25. The number of nitrogens with one attached hydrogen (secondary N) is 4. The smallest absolute Gasteiger partial charge is 0.241 e. The fourth-order valence-electron chi connectivity index (χ4n) is 4.98. The Kier molecular flexibility index (Phi) is 10.5. The van der Waals surface area contributed by atoms with Crippen molar-refractivity contribution in [3.05, 3.63) is 90.0 Å². The topological polar surface area (TPSA) is 85.5 Å². The van der Waals surface area contributed by atoms with E-state index in [0.29, 0.717) is 0 Å². The zero-order chi connectivity index (χ0) is 27.5. The Morgan fingerprint density at radius 2 is 1.13 bits per heavy atom. The van der Waals surface area contributed by atoms with Gasteiger partial charge in [0.05, 0.1) is 12.1 Å². The zero-order valence-electron chi connectivity index (χ0n) is 23.1. The van der Waals surface area contributed by atoms with Crippen LogP contribution < -0.4 is 26.2 Å². The van der Waals surface area contributed by atoms with E-state index < -0.39 is 0 Å². The second-order valence-electron chi connectivity index (χ2n) is 9.86. The van der Waals surface area contributed by atoms with Crippen molar-refractivity contribution in [1.82, 2.24) is 10.6 Å². The van der Waals surface area contributed by atoms with Crippen LogP contribution in [0.4, 0.5) is 17.1 Å². The molecule has 206 valence electrons. The van der Waals surface area contributed by atoms with Gasteiger partial charge in [-0.15, -0.1) is 0 Å². The molecule has 0 radical (unpaired) electrons. The van der Waals surface area contributed by atoms with E-state index in [1.807, 2.05) is 56.3 Å². The molecule has 3 aromatic carbocycles. The summed E-state index contributed by atoms with van der Waals surface area (Å²) in [5, 5.41) is 12.5. The summed E-state index contributed by atoms with van der Waals surface area (Å²) in [6.45, 7) is 7.27. The molecule has 0 bridgehead atoms. The van der Waals surface area contributed by atoms with E-state index in [4.69, 9.17) is 0 Å². The van der Waals surface area contributed by atoms with Gasteiger partial charge in [-0.25, -0.2) is 0 Å². The Balaban J connectivity index is 0.00000172. The third kappa shape index (κ3) is 8.15. The highest BCUT2D eigenvalue weighted by Crippen LogP contribution is 2.22. The first-order valence-electron chi connectivity index (χ1n) is 14.2. The molecular weight excluding hydrogens is 486 g/mol.